The van der Waals surface area contributed by atoms with Crippen LogP contribution in [0.15, 0.2) is 24.5 Å². The van der Waals surface area contributed by atoms with Gasteiger partial charge in [-0.25, -0.2) is 4.98 Å². The van der Waals surface area contributed by atoms with Crippen molar-refractivity contribution in [2.45, 2.75) is 20.4 Å². The molecule has 1 N–H and O–H groups in total. The standard InChI is InChI=1S/C12H16ClN3/c1-9(2)5-14-6-11-7-15-12-4-3-10(13)8-16(11)12/h3-4,7-9,14H,5-6H2,1-2H3. The maximum Gasteiger partial charge on any atom is 0.137 e. The maximum absolute atomic E-state index is 5.96. The fourth-order valence-electron chi connectivity index (χ4n) is 1.62. The molecule has 0 bridgehead atoms. The molecule has 0 saturated heterocycles. The second-order valence-electron chi connectivity index (χ2n) is 4.35. The molecular weight excluding hydrogens is 222 g/mol. The van der Waals surface area contributed by atoms with Gasteiger partial charge < -0.3 is 9.72 Å². The molecule has 3 nitrogen and oxygen atoms in total. The fraction of sp³-hybridized carbons (Fsp3) is 0.417. The predicted molar refractivity (Wildman–Crippen MR) is 66.7 cm³/mol. The molecule has 86 valence electrons. The van der Waals surface area contributed by atoms with Gasteiger partial charge in [0.2, 0.25) is 0 Å². The van der Waals surface area contributed by atoms with Gasteiger partial charge >= 0.3 is 0 Å². The number of nitrogens with zero attached hydrogens (tertiary/aromatic N) is 2. The van der Waals surface area contributed by atoms with E-state index in [1.54, 1.807) is 0 Å². The highest BCUT2D eigenvalue weighted by Gasteiger charge is 2.03. The van der Waals surface area contributed by atoms with Crippen LogP contribution in [0.1, 0.15) is 19.5 Å². The summed E-state index contributed by atoms with van der Waals surface area (Å²) in [6.07, 6.45) is 3.79. The van der Waals surface area contributed by atoms with E-state index in [2.05, 4.69) is 24.1 Å². The highest BCUT2D eigenvalue weighted by atomic mass is 35.5. The highest BCUT2D eigenvalue weighted by molar-refractivity contribution is 6.30. The SMILES string of the molecule is CC(C)CNCc1cnc2ccc(Cl)cn12. The molecular formula is C12H16ClN3. The monoisotopic (exact) mass is 237 g/mol. The summed E-state index contributed by atoms with van der Waals surface area (Å²) >= 11 is 5.96. The van der Waals surface area contributed by atoms with Crippen LogP contribution in [-0.4, -0.2) is 15.9 Å². The maximum atomic E-state index is 5.96. The third-order valence-electron chi connectivity index (χ3n) is 2.40. The van der Waals surface area contributed by atoms with Gasteiger partial charge in [-0.2, -0.15) is 0 Å². The molecule has 0 atom stereocenters. The number of pyridine rings is 1. The van der Waals surface area contributed by atoms with Gasteiger partial charge in [0.1, 0.15) is 5.65 Å². The van der Waals surface area contributed by atoms with E-state index < -0.39 is 0 Å². The normalized spacial score (nSPS) is 11.5. The number of imidazole rings is 1. The lowest BCUT2D eigenvalue weighted by molar-refractivity contribution is 0.547. The lowest BCUT2D eigenvalue weighted by atomic mass is 10.2. The minimum Gasteiger partial charge on any atom is -0.311 e. The van der Waals surface area contributed by atoms with E-state index in [1.165, 1.54) is 0 Å². The predicted octanol–water partition coefficient (Wildman–Crippen LogP) is 2.73. The summed E-state index contributed by atoms with van der Waals surface area (Å²) in [5.41, 5.74) is 2.07. The van der Waals surface area contributed by atoms with Gasteiger partial charge in [-0.15, -0.1) is 0 Å². The molecule has 2 rings (SSSR count). The number of fused-ring (bicyclic) bond motifs is 1. The van der Waals surface area contributed by atoms with Crippen molar-refractivity contribution in [1.82, 2.24) is 14.7 Å². The zero-order valence-corrected chi connectivity index (χ0v) is 10.3. The first-order valence-corrected chi connectivity index (χ1v) is 5.87. The van der Waals surface area contributed by atoms with E-state index in [1.807, 2.05) is 28.9 Å². The van der Waals surface area contributed by atoms with Gasteiger partial charge in [0.25, 0.3) is 0 Å². The quantitative estimate of drug-likeness (QED) is 0.886. The van der Waals surface area contributed by atoms with Crippen molar-refractivity contribution in [3.8, 4) is 0 Å². The largest absolute Gasteiger partial charge is 0.311 e. The summed E-state index contributed by atoms with van der Waals surface area (Å²) in [5, 5.41) is 4.13. The van der Waals surface area contributed by atoms with Crippen LogP contribution in [-0.2, 0) is 6.54 Å². The van der Waals surface area contributed by atoms with Gasteiger partial charge in [0, 0.05) is 12.7 Å². The van der Waals surface area contributed by atoms with E-state index in [9.17, 15) is 0 Å². The van der Waals surface area contributed by atoms with Crippen molar-refractivity contribution in [3.63, 3.8) is 0 Å². The molecule has 0 aromatic carbocycles. The third kappa shape index (κ3) is 2.54. The van der Waals surface area contributed by atoms with E-state index in [0.717, 1.165) is 29.5 Å². The Bertz CT molecular complexity index is 476. The molecule has 2 heterocycles. The third-order valence-corrected chi connectivity index (χ3v) is 2.63. The number of halogens is 1. The number of hydrogen-bond acceptors (Lipinski definition) is 2. The number of aromatic nitrogens is 2. The van der Waals surface area contributed by atoms with Crippen LogP contribution in [0, 0.1) is 5.92 Å². The number of hydrogen-bond donors (Lipinski definition) is 1. The Kier molecular flexibility index (Phi) is 3.46. The van der Waals surface area contributed by atoms with Gasteiger partial charge in [-0.05, 0) is 24.6 Å². The minimum atomic E-state index is 0.655. The van der Waals surface area contributed by atoms with Crippen LogP contribution in [0.2, 0.25) is 5.02 Å². The molecule has 0 fully saturated rings. The lowest BCUT2D eigenvalue weighted by Crippen LogP contribution is -2.19. The second kappa shape index (κ2) is 4.85. The van der Waals surface area contributed by atoms with Gasteiger partial charge in [-0.1, -0.05) is 25.4 Å². The topological polar surface area (TPSA) is 29.3 Å². The van der Waals surface area contributed by atoms with Crippen molar-refractivity contribution in [3.05, 3.63) is 35.2 Å². The van der Waals surface area contributed by atoms with E-state index in [4.69, 9.17) is 11.6 Å². The summed E-state index contributed by atoms with van der Waals surface area (Å²) in [7, 11) is 0. The molecule has 0 aliphatic carbocycles. The molecule has 0 saturated carbocycles. The first-order chi connectivity index (χ1) is 7.66. The molecule has 2 aromatic heterocycles. The van der Waals surface area contributed by atoms with Gasteiger partial charge in [0.15, 0.2) is 0 Å². The smallest absolute Gasteiger partial charge is 0.137 e. The first kappa shape index (κ1) is 11.4. The van der Waals surface area contributed by atoms with Crippen molar-refractivity contribution in [1.29, 1.82) is 0 Å². The molecule has 0 unspecified atom stereocenters. The molecule has 16 heavy (non-hydrogen) atoms. The Hall–Kier alpha value is -1.06. The molecule has 0 radical (unpaired) electrons. The lowest BCUT2D eigenvalue weighted by Gasteiger charge is -2.07. The molecule has 0 aliphatic rings. The Labute approximate surface area is 100 Å². The Balaban J connectivity index is 2.15. The zero-order valence-electron chi connectivity index (χ0n) is 9.57. The molecule has 0 aliphatic heterocycles. The summed E-state index contributed by atoms with van der Waals surface area (Å²) in [5.74, 6) is 0.655. The van der Waals surface area contributed by atoms with Crippen molar-refractivity contribution in [2.75, 3.05) is 6.54 Å². The zero-order chi connectivity index (χ0) is 11.5. The van der Waals surface area contributed by atoms with Crippen LogP contribution in [0.25, 0.3) is 5.65 Å². The van der Waals surface area contributed by atoms with Crippen molar-refractivity contribution < 1.29 is 0 Å². The van der Waals surface area contributed by atoms with Crippen molar-refractivity contribution >= 4 is 17.2 Å². The number of rotatable bonds is 4. The second-order valence-corrected chi connectivity index (χ2v) is 4.79. The summed E-state index contributed by atoms with van der Waals surface area (Å²) < 4.78 is 2.02. The van der Waals surface area contributed by atoms with E-state index in [-0.39, 0.29) is 0 Å². The summed E-state index contributed by atoms with van der Waals surface area (Å²) in [6.45, 7) is 6.21. The Morgan fingerprint density at radius 1 is 1.44 bits per heavy atom. The van der Waals surface area contributed by atoms with Crippen molar-refractivity contribution in [2.24, 2.45) is 5.92 Å². The van der Waals surface area contributed by atoms with E-state index >= 15 is 0 Å². The van der Waals surface area contributed by atoms with Crippen LogP contribution >= 0.6 is 11.6 Å². The average molecular weight is 238 g/mol. The molecule has 2 aromatic rings. The summed E-state index contributed by atoms with van der Waals surface area (Å²) in [4.78, 5) is 4.32. The fourth-order valence-corrected chi connectivity index (χ4v) is 1.79. The van der Waals surface area contributed by atoms with Gasteiger partial charge in [0.05, 0.1) is 16.9 Å². The summed E-state index contributed by atoms with van der Waals surface area (Å²) in [6, 6.07) is 3.78. The highest BCUT2D eigenvalue weighted by Crippen LogP contribution is 2.12. The number of nitrogens with one attached hydrogen (secondary N) is 1. The molecule has 4 heteroatoms. The first-order valence-electron chi connectivity index (χ1n) is 5.49. The van der Waals surface area contributed by atoms with Gasteiger partial charge in [-0.3, -0.25) is 0 Å². The Morgan fingerprint density at radius 3 is 3.00 bits per heavy atom. The van der Waals surface area contributed by atoms with Crippen LogP contribution < -0.4 is 5.32 Å². The minimum absolute atomic E-state index is 0.655. The van der Waals surface area contributed by atoms with E-state index in [0.29, 0.717) is 5.92 Å². The van der Waals surface area contributed by atoms with Crippen LogP contribution in [0.4, 0.5) is 0 Å². The molecule has 0 spiro atoms. The van der Waals surface area contributed by atoms with Crippen LogP contribution in [0.3, 0.4) is 0 Å². The molecule has 0 amide bonds. The Morgan fingerprint density at radius 2 is 2.25 bits per heavy atom. The average Bonchev–Trinajstić information content (AvgIpc) is 2.60. The van der Waals surface area contributed by atoms with Crippen LogP contribution in [0.5, 0.6) is 0 Å².